The SMILES string of the molecule is Cc1cccc(C(C)C)c1NS(=O)(=O)N(C)CCC(=O)O. The molecule has 7 heteroatoms. The molecule has 1 aromatic rings. The van der Waals surface area contributed by atoms with Crippen molar-refractivity contribution in [2.24, 2.45) is 0 Å². The van der Waals surface area contributed by atoms with Crippen molar-refractivity contribution in [1.29, 1.82) is 0 Å². The highest BCUT2D eigenvalue weighted by Crippen LogP contribution is 2.28. The molecule has 21 heavy (non-hydrogen) atoms. The molecule has 0 unspecified atom stereocenters. The summed E-state index contributed by atoms with van der Waals surface area (Å²) in [5, 5.41) is 8.64. The van der Waals surface area contributed by atoms with E-state index in [1.807, 2.05) is 39.0 Å². The van der Waals surface area contributed by atoms with Gasteiger partial charge in [-0.3, -0.25) is 9.52 Å². The molecule has 0 atom stereocenters. The van der Waals surface area contributed by atoms with Gasteiger partial charge >= 0.3 is 16.2 Å². The van der Waals surface area contributed by atoms with E-state index in [9.17, 15) is 13.2 Å². The maximum Gasteiger partial charge on any atom is 0.304 e. The van der Waals surface area contributed by atoms with Gasteiger partial charge in [0.2, 0.25) is 0 Å². The first-order valence-corrected chi connectivity index (χ1v) is 8.14. The second kappa shape index (κ2) is 6.91. The average molecular weight is 314 g/mol. The van der Waals surface area contributed by atoms with E-state index >= 15 is 0 Å². The second-order valence-electron chi connectivity index (χ2n) is 5.27. The van der Waals surface area contributed by atoms with Crippen molar-refractivity contribution >= 4 is 21.9 Å². The molecule has 0 spiro atoms. The number of carbonyl (C=O) groups is 1. The van der Waals surface area contributed by atoms with E-state index in [0.717, 1.165) is 15.4 Å². The Balaban J connectivity index is 3.01. The van der Waals surface area contributed by atoms with Gasteiger partial charge < -0.3 is 5.11 Å². The van der Waals surface area contributed by atoms with Gasteiger partial charge in [0.05, 0.1) is 12.1 Å². The van der Waals surface area contributed by atoms with E-state index < -0.39 is 16.2 Å². The number of hydrogen-bond acceptors (Lipinski definition) is 3. The number of aliphatic carboxylic acids is 1. The Labute approximate surface area is 126 Å². The first-order valence-electron chi connectivity index (χ1n) is 6.70. The maximum absolute atomic E-state index is 12.3. The van der Waals surface area contributed by atoms with Crippen LogP contribution in [-0.2, 0) is 15.0 Å². The van der Waals surface area contributed by atoms with Gasteiger partial charge in [-0.1, -0.05) is 32.0 Å². The third-order valence-corrected chi connectivity index (χ3v) is 4.67. The van der Waals surface area contributed by atoms with Crippen LogP contribution in [-0.4, -0.2) is 37.4 Å². The zero-order valence-corrected chi connectivity index (χ0v) is 13.6. The molecule has 6 nitrogen and oxygen atoms in total. The summed E-state index contributed by atoms with van der Waals surface area (Å²) < 4.78 is 28.1. The maximum atomic E-state index is 12.3. The van der Waals surface area contributed by atoms with Crippen molar-refractivity contribution in [3.05, 3.63) is 29.3 Å². The minimum Gasteiger partial charge on any atom is -0.481 e. The zero-order valence-electron chi connectivity index (χ0n) is 12.8. The molecule has 1 aromatic carbocycles. The minimum atomic E-state index is -3.77. The molecule has 0 bridgehead atoms. The molecule has 1 rings (SSSR count). The minimum absolute atomic E-state index is 0.0758. The highest BCUT2D eigenvalue weighted by Gasteiger charge is 2.21. The quantitative estimate of drug-likeness (QED) is 0.807. The molecule has 0 aliphatic rings. The Morgan fingerprint density at radius 2 is 2.00 bits per heavy atom. The largest absolute Gasteiger partial charge is 0.481 e. The Kier molecular flexibility index (Phi) is 5.74. The van der Waals surface area contributed by atoms with Gasteiger partial charge in [0.15, 0.2) is 0 Å². The summed E-state index contributed by atoms with van der Waals surface area (Å²) in [4.78, 5) is 10.5. The van der Waals surface area contributed by atoms with Gasteiger partial charge in [0.25, 0.3) is 0 Å². The van der Waals surface area contributed by atoms with Crippen LogP contribution in [0.5, 0.6) is 0 Å². The van der Waals surface area contributed by atoms with Crippen molar-refractivity contribution in [2.75, 3.05) is 18.3 Å². The van der Waals surface area contributed by atoms with Crippen LogP contribution in [0.2, 0.25) is 0 Å². The number of nitrogens with one attached hydrogen (secondary N) is 1. The lowest BCUT2D eigenvalue weighted by Crippen LogP contribution is -2.34. The number of benzene rings is 1. The first-order chi connectivity index (χ1) is 9.65. The number of hydrogen-bond donors (Lipinski definition) is 2. The van der Waals surface area contributed by atoms with Gasteiger partial charge in [-0.25, -0.2) is 0 Å². The van der Waals surface area contributed by atoms with Crippen LogP contribution < -0.4 is 4.72 Å². The molecule has 0 saturated heterocycles. The number of para-hydroxylation sites is 1. The zero-order chi connectivity index (χ0) is 16.2. The number of nitrogens with zero attached hydrogens (tertiary/aromatic N) is 1. The normalized spacial score (nSPS) is 11.9. The number of carboxylic acid groups (broad SMARTS) is 1. The molecule has 118 valence electrons. The average Bonchev–Trinajstić information content (AvgIpc) is 2.37. The van der Waals surface area contributed by atoms with Crippen LogP contribution in [0.15, 0.2) is 18.2 Å². The summed E-state index contributed by atoms with van der Waals surface area (Å²) in [6.45, 7) is 5.73. The van der Waals surface area contributed by atoms with Crippen molar-refractivity contribution < 1.29 is 18.3 Å². The third kappa shape index (κ3) is 4.71. The first kappa shape index (κ1) is 17.5. The van der Waals surface area contributed by atoms with E-state index in [2.05, 4.69) is 4.72 Å². The topological polar surface area (TPSA) is 86.7 Å². The van der Waals surface area contributed by atoms with E-state index in [1.165, 1.54) is 7.05 Å². The Morgan fingerprint density at radius 3 is 2.52 bits per heavy atom. The van der Waals surface area contributed by atoms with E-state index in [1.54, 1.807) is 0 Å². The fourth-order valence-electron chi connectivity index (χ4n) is 1.89. The summed E-state index contributed by atoms with van der Waals surface area (Å²) in [6, 6.07) is 5.60. The van der Waals surface area contributed by atoms with Crippen molar-refractivity contribution in [3.8, 4) is 0 Å². The molecule has 0 fully saturated rings. The standard InChI is InChI=1S/C14H22N2O4S/c1-10(2)12-7-5-6-11(3)14(12)15-21(19,20)16(4)9-8-13(17)18/h5-7,10,15H,8-9H2,1-4H3,(H,17,18). The molecule has 2 N–H and O–H groups in total. The molecule has 0 saturated carbocycles. The van der Waals surface area contributed by atoms with Gasteiger partial charge in [-0.15, -0.1) is 0 Å². The predicted octanol–water partition coefficient (Wildman–Crippen LogP) is 2.18. The molecule has 0 radical (unpaired) electrons. The summed E-state index contributed by atoms with van der Waals surface area (Å²) in [7, 11) is -2.41. The number of carboxylic acids is 1. The van der Waals surface area contributed by atoms with Crippen LogP contribution in [0, 0.1) is 6.92 Å². The molecule has 0 heterocycles. The van der Waals surface area contributed by atoms with Crippen LogP contribution in [0.25, 0.3) is 0 Å². The van der Waals surface area contributed by atoms with Gasteiger partial charge in [-0.05, 0) is 24.0 Å². The van der Waals surface area contributed by atoms with Crippen molar-refractivity contribution in [2.45, 2.75) is 33.1 Å². The summed E-state index contributed by atoms with van der Waals surface area (Å²) in [5.74, 6) is -0.859. The smallest absolute Gasteiger partial charge is 0.304 e. The van der Waals surface area contributed by atoms with Crippen LogP contribution >= 0.6 is 0 Å². The van der Waals surface area contributed by atoms with Crippen molar-refractivity contribution in [3.63, 3.8) is 0 Å². The highest BCUT2D eigenvalue weighted by molar-refractivity contribution is 7.90. The van der Waals surface area contributed by atoms with Crippen LogP contribution in [0.3, 0.4) is 0 Å². The lowest BCUT2D eigenvalue weighted by molar-refractivity contribution is -0.137. The molecule has 0 amide bonds. The lowest BCUT2D eigenvalue weighted by atomic mass is 9.99. The highest BCUT2D eigenvalue weighted by atomic mass is 32.2. The second-order valence-corrected chi connectivity index (χ2v) is 7.04. The number of anilines is 1. The molecule has 0 aromatic heterocycles. The van der Waals surface area contributed by atoms with Crippen LogP contribution in [0.1, 0.15) is 37.3 Å². The third-order valence-electron chi connectivity index (χ3n) is 3.21. The summed E-state index contributed by atoms with van der Waals surface area (Å²) in [5.41, 5.74) is 2.30. The predicted molar refractivity (Wildman–Crippen MR) is 82.7 cm³/mol. The fraction of sp³-hybridized carbons (Fsp3) is 0.500. The summed E-state index contributed by atoms with van der Waals surface area (Å²) >= 11 is 0. The Morgan fingerprint density at radius 1 is 1.38 bits per heavy atom. The van der Waals surface area contributed by atoms with Gasteiger partial charge in [0.1, 0.15) is 0 Å². The summed E-state index contributed by atoms with van der Waals surface area (Å²) in [6.07, 6.45) is -0.234. The monoisotopic (exact) mass is 314 g/mol. The lowest BCUT2D eigenvalue weighted by Gasteiger charge is -2.21. The number of rotatable bonds is 7. The molecular weight excluding hydrogens is 292 g/mol. The van der Waals surface area contributed by atoms with Crippen molar-refractivity contribution in [1.82, 2.24) is 4.31 Å². The van der Waals surface area contributed by atoms with E-state index in [0.29, 0.717) is 5.69 Å². The van der Waals surface area contributed by atoms with E-state index in [4.69, 9.17) is 5.11 Å². The van der Waals surface area contributed by atoms with E-state index in [-0.39, 0.29) is 18.9 Å². The fourth-order valence-corrected chi connectivity index (χ4v) is 2.92. The molecule has 0 aliphatic carbocycles. The van der Waals surface area contributed by atoms with Gasteiger partial charge in [-0.2, -0.15) is 12.7 Å². The number of aryl methyl sites for hydroxylation is 1. The van der Waals surface area contributed by atoms with Crippen LogP contribution in [0.4, 0.5) is 5.69 Å². The molecule has 0 aliphatic heterocycles. The Hall–Kier alpha value is -1.60. The Bertz CT molecular complexity index is 611. The van der Waals surface area contributed by atoms with Gasteiger partial charge in [0, 0.05) is 13.6 Å². The molecular formula is C14H22N2O4S.